The first-order chi connectivity index (χ1) is 9.56. The lowest BCUT2D eigenvalue weighted by Crippen LogP contribution is -2.14. The minimum absolute atomic E-state index is 0.123. The van der Waals surface area contributed by atoms with E-state index in [0.717, 1.165) is 6.07 Å². The second-order valence-corrected chi connectivity index (χ2v) is 4.71. The molecule has 0 aliphatic carbocycles. The SMILES string of the molecule is O=C(Nc1ccccc1SC(F)F)c1cccc(F)n1. The third-order valence-electron chi connectivity index (χ3n) is 2.30. The highest BCUT2D eigenvalue weighted by Crippen LogP contribution is 2.31. The van der Waals surface area contributed by atoms with Crippen molar-refractivity contribution in [2.75, 3.05) is 5.32 Å². The normalized spacial score (nSPS) is 10.6. The van der Waals surface area contributed by atoms with E-state index >= 15 is 0 Å². The fourth-order valence-electron chi connectivity index (χ4n) is 1.49. The van der Waals surface area contributed by atoms with E-state index < -0.39 is 17.6 Å². The van der Waals surface area contributed by atoms with E-state index in [1.807, 2.05) is 0 Å². The minimum Gasteiger partial charge on any atom is -0.320 e. The van der Waals surface area contributed by atoms with Gasteiger partial charge in [0.05, 0.1) is 5.69 Å². The molecule has 7 heteroatoms. The van der Waals surface area contributed by atoms with Crippen LogP contribution in [0.15, 0.2) is 47.4 Å². The van der Waals surface area contributed by atoms with Crippen LogP contribution in [0.2, 0.25) is 0 Å². The predicted molar refractivity (Wildman–Crippen MR) is 70.5 cm³/mol. The molecule has 2 rings (SSSR count). The van der Waals surface area contributed by atoms with Crippen LogP contribution < -0.4 is 5.32 Å². The zero-order chi connectivity index (χ0) is 14.5. The summed E-state index contributed by atoms with van der Waals surface area (Å²) in [5, 5.41) is 2.44. The average molecular weight is 298 g/mol. The molecule has 0 aliphatic heterocycles. The van der Waals surface area contributed by atoms with Gasteiger partial charge in [-0.3, -0.25) is 4.79 Å². The average Bonchev–Trinajstić information content (AvgIpc) is 2.40. The van der Waals surface area contributed by atoms with Crippen LogP contribution in [0.1, 0.15) is 10.5 Å². The van der Waals surface area contributed by atoms with Crippen LogP contribution in [0.25, 0.3) is 0 Å². The molecule has 1 N–H and O–H groups in total. The molecular formula is C13H9F3N2OS. The number of benzene rings is 1. The van der Waals surface area contributed by atoms with Gasteiger partial charge < -0.3 is 5.32 Å². The highest BCUT2D eigenvalue weighted by Gasteiger charge is 2.13. The first-order valence-corrected chi connectivity index (χ1v) is 6.42. The lowest BCUT2D eigenvalue weighted by Gasteiger charge is -2.09. The highest BCUT2D eigenvalue weighted by molar-refractivity contribution is 7.99. The number of thioether (sulfide) groups is 1. The Morgan fingerprint density at radius 1 is 1.15 bits per heavy atom. The summed E-state index contributed by atoms with van der Waals surface area (Å²) in [6.45, 7) is 0. The fraction of sp³-hybridized carbons (Fsp3) is 0.0769. The number of nitrogens with zero attached hydrogens (tertiary/aromatic N) is 1. The van der Waals surface area contributed by atoms with Gasteiger partial charge in [0.15, 0.2) is 0 Å². The Morgan fingerprint density at radius 2 is 1.90 bits per heavy atom. The van der Waals surface area contributed by atoms with Gasteiger partial charge in [0.1, 0.15) is 5.69 Å². The molecule has 104 valence electrons. The zero-order valence-electron chi connectivity index (χ0n) is 10.0. The minimum atomic E-state index is -2.60. The Morgan fingerprint density at radius 3 is 2.60 bits per heavy atom. The Balaban J connectivity index is 2.19. The molecule has 1 amide bonds. The topological polar surface area (TPSA) is 42.0 Å². The maximum atomic E-state index is 12.9. The van der Waals surface area contributed by atoms with Crippen LogP contribution in [-0.4, -0.2) is 16.6 Å². The molecule has 0 atom stereocenters. The van der Waals surface area contributed by atoms with Gasteiger partial charge in [-0.25, -0.2) is 4.98 Å². The van der Waals surface area contributed by atoms with Gasteiger partial charge in [-0.1, -0.05) is 30.0 Å². The molecule has 0 saturated carbocycles. The van der Waals surface area contributed by atoms with E-state index in [4.69, 9.17) is 0 Å². The van der Waals surface area contributed by atoms with Gasteiger partial charge >= 0.3 is 0 Å². The van der Waals surface area contributed by atoms with Crippen LogP contribution in [0, 0.1) is 5.95 Å². The smallest absolute Gasteiger partial charge is 0.288 e. The molecule has 0 radical (unpaired) electrons. The highest BCUT2D eigenvalue weighted by atomic mass is 32.2. The van der Waals surface area contributed by atoms with E-state index in [9.17, 15) is 18.0 Å². The van der Waals surface area contributed by atoms with E-state index in [-0.39, 0.29) is 16.3 Å². The maximum absolute atomic E-state index is 12.9. The number of alkyl halides is 2. The Hall–Kier alpha value is -2.02. The third kappa shape index (κ3) is 3.74. The van der Waals surface area contributed by atoms with Crippen molar-refractivity contribution in [1.82, 2.24) is 4.98 Å². The molecular weight excluding hydrogens is 289 g/mol. The number of hydrogen-bond donors (Lipinski definition) is 1. The van der Waals surface area contributed by atoms with Crippen LogP contribution in [0.4, 0.5) is 18.9 Å². The number of para-hydroxylation sites is 1. The maximum Gasteiger partial charge on any atom is 0.288 e. The van der Waals surface area contributed by atoms with Gasteiger partial charge in [-0.05, 0) is 24.3 Å². The Kier molecular flexibility index (Phi) is 4.62. The van der Waals surface area contributed by atoms with E-state index in [1.165, 1.54) is 24.3 Å². The van der Waals surface area contributed by atoms with Gasteiger partial charge in [-0.15, -0.1) is 0 Å². The number of hydrogen-bond acceptors (Lipinski definition) is 3. The van der Waals surface area contributed by atoms with Crippen LogP contribution in [-0.2, 0) is 0 Å². The summed E-state index contributed by atoms with van der Waals surface area (Å²) >= 11 is 0.323. The van der Waals surface area contributed by atoms with Crippen molar-refractivity contribution < 1.29 is 18.0 Å². The van der Waals surface area contributed by atoms with Gasteiger partial charge in [0.2, 0.25) is 5.95 Å². The van der Waals surface area contributed by atoms with Gasteiger partial charge in [0.25, 0.3) is 11.7 Å². The summed E-state index contributed by atoms with van der Waals surface area (Å²) in [4.78, 5) is 15.5. The summed E-state index contributed by atoms with van der Waals surface area (Å²) in [6, 6.07) is 9.92. The largest absolute Gasteiger partial charge is 0.320 e. The molecule has 0 bridgehead atoms. The molecule has 0 fully saturated rings. The summed E-state index contributed by atoms with van der Waals surface area (Å²) in [7, 11) is 0. The lowest BCUT2D eigenvalue weighted by atomic mass is 10.3. The summed E-state index contributed by atoms with van der Waals surface area (Å²) in [5.41, 5.74) is 0.107. The fourth-order valence-corrected chi connectivity index (χ4v) is 2.08. The Bertz CT molecular complexity index is 622. The number of rotatable bonds is 4. The number of amides is 1. The first kappa shape index (κ1) is 14.4. The molecule has 1 heterocycles. The standard InChI is InChI=1S/C13H9F3N2OS/c14-11-7-3-5-9(17-11)12(19)18-8-4-1-2-6-10(8)20-13(15)16/h1-7,13H,(H,18,19). The first-order valence-electron chi connectivity index (χ1n) is 5.54. The molecule has 20 heavy (non-hydrogen) atoms. The van der Waals surface area contributed by atoms with Crippen LogP contribution >= 0.6 is 11.8 Å². The molecule has 0 unspecified atom stereocenters. The molecule has 0 saturated heterocycles. The molecule has 1 aromatic heterocycles. The van der Waals surface area contributed by atoms with Gasteiger partial charge in [0, 0.05) is 4.90 Å². The quantitative estimate of drug-likeness (QED) is 0.690. The number of carbonyl (C=O) groups is 1. The van der Waals surface area contributed by atoms with E-state index in [2.05, 4.69) is 10.3 Å². The zero-order valence-corrected chi connectivity index (χ0v) is 10.8. The van der Waals surface area contributed by atoms with Crippen LogP contribution in [0.5, 0.6) is 0 Å². The van der Waals surface area contributed by atoms with E-state index in [0.29, 0.717) is 11.8 Å². The van der Waals surface area contributed by atoms with Crippen molar-refractivity contribution in [3.8, 4) is 0 Å². The lowest BCUT2D eigenvalue weighted by molar-refractivity contribution is 0.102. The monoisotopic (exact) mass is 298 g/mol. The molecule has 0 aliphatic rings. The third-order valence-corrected chi connectivity index (χ3v) is 3.09. The number of halogens is 3. The molecule has 1 aromatic carbocycles. The summed E-state index contributed by atoms with van der Waals surface area (Å²) in [6.07, 6.45) is 0. The molecule has 0 spiro atoms. The predicted octanol–water partition coefficient (Wildman–Crippen LogP) is 3.79. The summed E-state index contributed by atoms with van der Waals surface area (Å²) < 4.78 is 37.7. The summed E-state index contributed by atoms with van der Waals surface area (Å²) in [5.74, 6) is -4.04. The number of anilines is 1. The van der Waals surface area contributed by atoms with Gasteiger partial charge in [-0.2, -0.15) is 13.2 Å². The van der Waals surface area contributed by atoms with Crippen molar-refractivity contribution in [3.63, 3.8) is 0 Å². The second-order valence-electron chi connectivity index (χ2n) is 3.67. The number of carbonyl (C=O) groups excluding carboxylic acids is 1. The number of aromatic nitrogens is 1. The Labute approximate surface area is 117 Å². The van der Waals surface area contributed by atoms with Crippen molar-refractivity contribution in [2.24, 2.45) is 0 Å². The van der Waals surface area contributed by atoms with Crippen molar-refractivity contribution in [2.45, 2.75) is 10.7 Å². The molecule has 2 aromatic rings. The van der Waals surface area contributed by atoms with Crippen molar-refractivity contribution in [3.05, 3.63) is 54.1 Å². The number of pyridine rings is 1. The van der Waals surface area contributed by atoms with Crippen molar-refractivity contribution >= 4 is 23.4 Å². The van der Waals surface area contributed by atoms with Crippen molar-refractivity contribution in [1.29, 1.82) is 0 Å². The molecule has 3 nitrogen and oxygen atoms in total. The van der Waals surface area contributed by atoms with E-state index in [1.54, 1.807) is 12.1 Å². The second kappa shape index (κ2) is 6.42. The van der Waals surface area contributed by atoms with Crippen LogP contribution in [0.3, 0.4) is 0 Å². The number of nitrogens with one attached hydrogen (secondary N) is 1.